The van der Waals surface area contributed by atoms with E-state index in [0.29, 0.717) is 10.8 Å². The zero-order valence-corrected chi connectivity index (χ0v) is 15.8. The number of hydrogen-bond acceptors (Lipinski definition) is 7. The lowest BCUT2D eigenvalue weighted by molar-refractivity contribution is -0.119. The minimum atomic E-state index is -0.706. The SMILES string of the molecule is COc1ccc2nc(NC(=O)C3=NN(c4ccccc4)C(C(N)=O)C3)sc2c1. The van der Waals surface area contributed by atoms with Crippen LogP contribution in [0.5, 0.6) is 5.75 Å². The second-order valence-corrected chi connectivity index (χ2v) is 7.19. The van der Waals surface area contributed by atoms with Gasteiger partial charge < -0.3 is 10.5 Å². The van der Waals surface area contributed by atoms with Crippen molar-refractivity contribution < 1.29 is 14.3 Å². The van der Waals surface area contributed by atoms with Gasteiger partial charge in [0, 0.05) is 6.42 Å². The smallest absolute Gasteiger partial charge is 0.273 e. The Hall–Kier alpha value is -3.46. The van der Waals surface area contributed by atoms with Crippen LogP contribution in [0.4, 0.5) is 10.8 Å². The van der Waals surface area contributed by atoms with Gasteiger partial charge in [-0.25, -0.2) is 4.98 Å². The number of nitrogens with zero attached hydrogens (tertiary/aromatic N) is 3. The molecule has 0 fully saturated rings. The maximum absolute atomic E-state index is 12.7. The summed E-state index contributed by atoms with van der Waals surface area (Å²) in [5.41, 5.74) is 7.19. The van der Waals surface area contributed by atoms with Crippen LogP contribution in [0.2, 0.25) is 0 Å². The molecule has 1 unspecified atom stereocenters. The molecule has 1 aromatic heterocycles. The van der Waals surface area contributed by atoms with Gasteiger partial charge in [0.1, 0.15) is 17.5 Å². The highest BCUT2D eigenvalue weighted by atomic mass is 32.1. The lowest BCUT2D eigenvalue weighted by Gasteiger charge is -2.20. The number of anilines is 2. The molecule has 2 heterocycles. The standard InChI is InChI=1S/C19H17N5O3S/c1-27-12-7-8-13-16(9-12)28-19(21-13)22-18(26)14-10-15(17(20)25)24(23-14)11-5-3-2-4-6-11/h2-9,15H,10H2,1H3,(H2,20,25)(H,21,22,26). The van der Waals surface area contributed by atoms with Crippen molar-refractivity contribution in [1.29, 1.82) is 0 Å². The van der Waals surface area contributed by atoms with Crippen LogP contribution in [0.25, 0.3) is 10.2 Å². The molecule has 2 aromatic carbocycles. The van der Waals surface area contributed by atoms with Crippen LogP contribution >= 0.6 is 11.3 Å². The first-order chi connectivity index (χ1) is 13.5. The van der Waals surface area contributed by atoms with Gasteiger partial charge in [-0.15, -0.1) is 0 Å². The summed E-state index contributed by atoms with van der Waals surface area (Å²) in [5, 5.41) is 9.03. The molecule has 8 nitrogen and oxygen atoms in total. The average molecular weight is 395 g/mol. The van der Waals surface area contributed by atoms with Crippen molar-refractivity contribution in [1.82, 2.24) is 4.98 Å². The maximum atomic E-state index is 12.7. The first-order valence-electron chi connectivity index (χ1n) is 8.52. The quantitative estimate of drug-likeness (QED) is 0.689. The molecule has 4 rings (SSSR count). The van der Waals surface area contributed by atoms with E-state index in [1.165, 1.54) is 16.3 Å². The number of para-hydroxylation sites is 1. The highest BCUT2D eigenvalue weighted by Gasteiger charge is 2.35. The lowest BCUT2D eigenvalue weighted by atomic mass is 10.1. The summed E-state index contributed by atoms with van der Waals surface area (Å²) in [5.74, 6) is -0.227. The van der Waals surface area contributed by atoms with Crippen molar-refractivity contribution in [2.75, 3.05) is 17.4 Å². The van der Waals surface area contributed by atoms with Crippen molar-refractivity contribution >= 4 is 49.9 Å². The van der Waals surface area contributed by atoms with Gasteiger partial charge in [0.05, 0.1) is 23.0 Å². The molecule has 0 saturated heterocycles. The predicted octanol–water partition coefficient (Wildman–Crippen LogP) is 2.36. The van der Waals surface area contributed by atoms with Gasteiger partial charge in [-0.1, -0.05) is 29.5 Å². The summed E-state index contributed by atoms with van der Waals surface area (Å²) >= 11 is 1.33. The highest BCUT2D eigenvalue weighted by molar-refractivity contribution is 7.22. The summed E-state index contributed by atoms with van der Waals surface area (Å²) in [6, 6.07) is 13.9. The Labute approximate surface area is 164 Å². The van der Waals surface area contributed by atoms with E-state index in [2.05, 4.69) is 15.4 Å². The Morgan fingerprint density at radius 2 is 2.04 bits per heavy atom. The Morgan fingerprint density at radius 3 is 2.75 bits per heavy atom. The number of aromatic nitrogens is 1. The minimum Gasteiger partial charge on any atom is -0.497 e. The van der Waals surface area contributed by atoms with E-state index in [4.69, 9.17) is 10.5 Å². The van der Waals surface area contributed by atoms with Crippen molar-refractivity contribution in [2.45, 2.75) is 12.5 Å². The molecule has 3 N–H and O–H groups in total. The molecule has 3 aromatic rings. The Kier molecular flexibility index (Phi) is 4.66. The molecule has 0 aliphatic carbocycles. The third-order valence-electron chi connectivity index (χ3n) is 4.34. The van der Waals surface area contributed by atoms with Gasteiger partial charge in [0.25, 0.3) is 5.91 Å². The molecule has 28 heavy (non-hydrogen) atoms. The molecule has 9 heteroatoms. The number of nitrogens with one attached hydrogen (secondary N) is 1. The Morgan fingerprint density at radius 1 is 1.25 bits per heavy atom. The number of primary amides is 1. The van der Waals surface area contributed by atoms with Crippen molar-refractivity contribution in [3.05, 3.63) is 48.5 Å². The summed E-state index contributed by atoms with van der Waals surface area (Å²) in [6.45, 7) is 0. The number of fused-ring (bicyclic) bond motifs is 1. The molecule has 0 saturated carbocycles. The van der Waals surface area contributed by atoms with E-state index < -0.39 is 17.9 Å². The third kappa shape index (κ3) is 3.39. The zero-order chi connectivity index (χ0) is 19.7. The van der Waals surface area contributed by atoms with Crippen molar-refractivity contribution in [3.8, 4) is 5.75 Å². The van der Waals surface area contributed by atoms with Crippen LogP contribution in [0.15, 0.2) is 53.6 Å². The zero-order valence-electron chi connectivity index (χ0n) is 15.0. The van der Waals surface area contributed by atoms with E-state index in [-0.39, 0.29) is 12.1 Å². The fraction of sp³-hybridized carbons (Fsp3) is 0.158. The molecule has 1 aliphatic heterocycles. The fourth-order valence-electron chi connectivity index (χ4n) is 2.94. The molecule has 0 radical (unpaired) electrons. The number of thiazole rings is 1. The monoisotopic (exact) mass is 395 g/mol. The molecule has 1 aliphatic rings. The first kappa shape index (κ1) is 17.9. The number of hydrazone groups is 1. The van der Waals surface area contributed by atoms with Crippen LogP contribution in [-0.4, -0.2) is 35.7 Å². The Balaban J connectivity index is 1.56. The number of carbonyl (C=O) groups excluding carboxylic acids is 2. The van der Waals surface area contributed by atoms with Gasteiger partial charge >= 0.3 is 0 Å². The van der Waals surface area contributed by atoms with E-state index in [1.807, 2.05) is 36.4 Å². The molecule has 0 spiro atoms. The van der Waals surface area contributed by atoms with Gasteiger partial charge in [-0.3, -0.25) is 19.9 Å². The molecular weight excluding hydrogens is 378 g/mol. The van der Waals surface area contributed by atoms with Gasteiger partial charge in [-0.05, 0) is 30.3 Å². The van der Waals surface area contributed by atoms with Gasteiger partial charge in [0.2, 0.25) is 5.91 Å². The first-order valence-corrected chi connectivity index (χ1v) is 9.34. The van der Waals surface area contributed by atoms with Gasteiger partial charge in [-0.2, -0.15) is 5.10 Å². The molecule has 2 amide bonds. The van der Waals surface area contributed by atoms with Crippen molar-refractivity contribution in [2.24, 2.45) is 10.8 Å². The normalized spacial score (nSPS) is 16.1. The highest BCUT2D eigenvalue weighted by Crippen LogP contribution is 2.30. The number of rotatable bonds is 5. The van der Waals surface area contributed by atoms with Gasteiger partial charge in [0.15, 0.2) is 5.13 Å². The van der Waals surface area contributed by atoms with E-state index >= 15 is 0 Å². The fourth-order valence-corrected chi connectivity index (χ4v) is 3.83. The third-order valence-corrected chi connectivity index (χ3v) is 5.27. The number of ether oxygens (including phenoxy) is 1. The largest absolute Gasteiger partial charge is 0.497 e. The number of methoxy groups -OCH3 is 1. The molecule has 1 atom stereocenters. The summed E-state index contributed by atoms with van der Waals surface area (Å²) in [4.78, 5) is 28.9. The van der Waals surface area contributed by atoms with Crippen LogP contribution in [0.1, 0.15) is 6.42 Å². The van der Waals surface area contributed by atoms with E-state index in [1.54, 1.807) is 19.2 Å². The second-order valence-electron chi connectivity index (χ2n) is 6.16. The molecular formula is C19H17N5O3S. The number of carbonyl (C=O) groups is 2. The Bertz CT molecular complexity index is 1080. The topological polar surface area (TPSA) is 110 Å². The average Bonchev–Trinajstić information content (AvgIpc) is 3.32. The lowest BCUT2D eigenvalue weighted by Crippen LogP contribution is -2.39. The number of nitrogens with two attached hydrogens (primary N) is 1. The predicted molar refractivity (Wildman–Crippen MR) is 109 cm³/mol. The summed E-state index contributed by atoms with van der Waals surface area (Å²) in [6.07, 6.45) is 0.134. The number of benzene rings is 2. The van der Waals surface area contributed by atoms with E-state index in [9.17, 15) is 9.59 Å². The summed E-state index contributed by atoms with van der Waals surface area (Å²) in [7, 11) is 1.59. The maximum Gasteiger partial charge on any atom is 0.273 e. The van der Waals surface area contributed by atoms with Crippen LogP contribution in [0.3, 0.4) is 0 Å². The number of amides is 2. The molecule has 0 bridgehead atoms. The van der Waals surface area contributed by atoms with Crippen molar-refractivity contribution in [3.63, 3.8) is 0 Å². The van der Waals surface area contributed by atoms with Crippen LogP contribution < -0.4 is 20.8 Å². The van der Waals surface area contributed by atoms with E-state index in [0.717, 1.165) is 16.0 Å². The van der Waals surface area contributed by atoms with Crippen LogP contribution in [-0.2, 0) is 9.59 Å². The number of hydrogen-bond donors (Lipinski definition) is 2. The van der Waals surface area contributed by atoms with Crippen LogP contribution in [0, 0.1) is 0 Å². The summed E-state index contributed by atoms with van der Waals surface area (Å²) < 4.78 is 6.10. The second kappa shape index (κ2) is 7.28. The minimum absolute atomic E-state index is 0.134. The molecule has 142 valence electrons.